The van der Waals surface area contributed by atoms with Gasteiger partial charge in [0.25, 0.3) is 0 Å². The number of methoxy groups -OCH3 is 1. The van der Waals surface area contributed by atoms with Crippen molar-refractivity contribution in [1.82, 2.24) is 15.3 Å². The minimum absolute atomic E-state index is 0.555. The number of rotatable bonds is 4. The summed E-state index contributed by atoms with van der Waals surface area (Å²) in [5.74, 6) is 1.44. The largest absolute Gasteiger partial charge is 0.494 e. The van der Waals surface area contributed by atoms with Gasteiger partial charge in [-0.3, -0.25) is 0 Å². The van der Waals surface area contributed by atoms with Crippen LogP contribution in [0.5, 0.6) is 5.75 Å². The van der Waals surface area contributed by atoms with Gasteiger partial charge in [-0.1, -0.05) is 6.42 Å². The van der Waals surface area contributed by atoms with Crippen molar-refractivity contribution in [2.75, 3.05) is 32.1 Å². The zero-order valence-corrected chi connectivity index (χ0v) is 10.5. The van der Waals surface area contributed by atoms with Crippen molar-refractivity contribution in [2.45, 2.75) is 25.3 Å². The molecule has 1 aliphatic rings. The van der Waals surface area contributed by atoms with E-state index in [1.54, 1.807) is 19.5 Å². The van der Waals surface area contributed by atoms with Crippen LogP contribution in [0.4, 0.5) is 5.95 Å². The summed E-state index contributed by atoms with van der Waals surface area (Å²) in [6, 6.07) is 0.555. The fraction of sp³-hybridized carbons (Fsp3) is 0.667. The quantitative estimate of drug-likeness (QED) is 0.847. The van der Waals surface area contributed by atoms with Gasteiger partial charge >= 0.3 is 0 Å². The van der Waals surface area contributed by atoms with Gasteiger partial charge in [0.1, 0.15) is 0 Å². The van der Waals surface area contributed by atoms with Gasteiger partial charge < -0.3 is 15.0 Å². The van der Waals surface area contributed by atoms with Crippen LogP contribution in [0.15, 0.2) is 12.4 Å². The predicted octanol–water partition coefficient (Wildman–Crippen LogP) is 1.06. The molecule has 1 atom stereocenters. The van der Waals surface area contributed by atoms with Crippen molar-refractivity contribution < 1.29 is 4.74 Å². The summed E-state index contributed by atoms with van der Waals surface area (Å²) in [6.45, 7) is 2.08. The molecular formula is C12H20N4O. The summed E-state index contributed by atoms with van der Waals surface area (Å²) >= 11 is 0. The van der Waals surface area contributed by atoms with E-state index < -0.39 is 0 Å². The highest BCUT2D eigenvalue weighted by Crippen LogP contribution is 2.13. The van der Waals surface area contributed by atoms with E-state index in [9.17, 15) is 0 Å². The highest BCUT2D eigenvalue weighted by molar-refractivity contribution is 5.30. The Balaban J connectivity index is 1.91. The van der Waals surface area contributed by atoms with Crippen molar-refractivity contribution in [3.63, 3.8) is 0 Å². The van der Waals surface area contributed by atoms with E-state index in [1.807, 2.05) is 7.05 Å². The van der Waals surface area contributed by atoms with E-state index >= 15 is 0 Å². The number of likely N-dealkylation sites (N-methyl/N-ethyl adjacent to an activating group) is 1. The van der Waals surface area contributed by atoms with E-state index in [2.05, 4.69) is 20.2 Å². The zero-order valence-electron chi connectivity index (χ0n) is 10.5. The third kappa shape index (κ3) is 3.30. The van der Waals surface area contributed by atoms with Crippen molar-refractivity contribution in [2.24, 2.45) is 0 Å². The van der Waals surface area contributed by atoms with Crippen molar-refractivity contribution >= 4 is 5.95 Å². The van der Waals surface area contributed by atoms with Gasteiger partial charge in [-0.05, 0) is 19.4 Å². The molecule has 5 nitrogen and oxygen atoms in total. The first-order chi connectivity index (χ1) is 8.29. The summed E-state index contributed by atoms with van der Waals surface area (Å²) in [4.78, 5) is 10.6. The van der Waals surface area contributed by atoms with E-state index in [0.29, 0.717) is 11.8 Å². The van der Waals surface area contributed by atoms with Gasteiger partial charge in [0.15, 0.2) is 5.75 Å². The molecular weight excluding hydrogens is 216 g/mol. The Kier molecular flexibility index (Phi) is 4.14. The molecule has 1 aromatic heterocycles. The van der Waals surface area contributed by atoms with Crippen molar-refractivity contribution in [1.29, 1.82) is 0 Å². The highest BCUT2D eigenvalue weighted by atomic mass is 16.5. The van der Waals surface area contributed by atoms with Gasteiger partial charge in [-0.2, -0.15) is 0 Å². The van der Waals surface area contributed by atoms with Crippen LogP contribution >= 0.6 is 0 Å². The van der Waals surface area contributed by atoms with Crippen LogP contribution < -0.4 is 15.0 Å². The summed E-state index contributed by atoms with van der Waals surface area (Å²) < 4.78 is 5.04. The topological polar surface area (TPSA) is 50.3 Å². The molecule has 1 aromatic rings. The van der Waals surface area contributed by atoms with Crippen LogP contribution in [0.2, 0.25) is 0 Å². The number of ether oxygens (including phenoxy) is 1. The highest BCUT2D eigenvalue weighted by Gasteiger charge is 2.15. The summed E-state index contributed by atoms with van der Waals surface area (Å²) in [7, 11) is 3.64. The summed E-state index contributed by atoms with van der Waals surface area (Å²) in [5.41, 5.74) is 0. The van der Waals surface area contributed by atoms with Gasteiger partial charge in [0, 0.05) is 19.6 Å². The Morgan fingerprint density at radius 2 is 2.18 bits per heavy atom. The van der Waals surface area contributed by atoms with Crippen LogP contribution in [0.25, 0.3) is 0 Å². The summed E-state index contributed by atoms with van der Waals surface area (Å²) in [5, 5.41) is 3.52. The smallest absolute Gasteiger partial charge is 0.225 e. The third-order valence-electron chi connectivity index (χ3n) is 3.10. The van der Waals surface area contributed by atoms with Crippen LogP contribution in [0, 0.1) is 0 Å². The lowest BCUT2D eigenvalue weighted by molar-refractivity contribution is 0.400. The molecule has 1 saturated heterocycles. The fourth-order valence-corrected chi connectivity index (χ4v) is 2.10. The van der Waals surface area contributed by atoms with E-state index in [-0.39, 0.29) is 0 Å². The number of aromatic nitrogens is 2. The molecule has 1 N–H and O–H groups in total. The average molecular weight is 236 g/mol. The number of hydrogen-bond acceptors (Lipinski definition) is 5. The minimum Gasteiger partial charge on any atom is -0.494 e. The zero-order chi connectivity index (χ0) is 12.1. The molecule has 1 fully saturated rings. The molecule has 94 valence electrons. The maximum Gasteiger partial charge on any atom is 0.225 e. The molecule has 0 radical (unpaired) electrons. The van der Waals surface area contributed by atoms with E-state index in [1.165, 1.54) is 19.3 Å². The Labute approximate surface area is 102 Å². The van der Waals surface area contributed by atoms with Gasteiger partial charge in [-0.25, -0.2) is 9.97 Å². The monoisotopic (exact) mass is 236 g/mol. The molecule has 0 saturated carbocycles. The number of hydrogen-bond donors (Lipinski definition) is 1. The van der Waals surface area contributed by atoms with Crippen molar-refractivity contribution in [3.05, 3.63) is 12.4 Å². The van der Waals surface area contributed by atoms with Crippen LogP contribution in [-0.2, 0) is 0 Å². The maximum atomic E-state index is 5.04. The minimum atomic E-state index is 0.555. The molecule has 5 heteroatoms. The van der Waals surface area contributed by atoms with Gasteiger partial charge in [-0.15, -0.1) is 0 Å². The van der Waals surface area contributed by atoms with Crippen LogP contribution in [-0.4, -0.2) is 43.3 Å². The molecule has 17 heavy (non-hydrogen) atoms. The first-order valence-corrected chi connectivity index (χ1v) is 6.10. The number of nitrogens with one attached hydrogen (secondary N) is 1. The fourth-order valence-electron chi connectivity index (χ4n) is 2.10. The Hall–Kier alpha value is -1.36. The second-order valence-corrected chi connectivity index (χ2v) is 4.45. The lowest BCUT2D eigenvalue weighted by atomic mass is 10.0. The molecule has 0 aliphatic carbocycles. The molecule has 2 rings (SSSR count). The van der Waals surface area contributed by atoms with Gasteiger partial charge in [0.05, 0.1) is 19.5 Å². The van der Waals surface area contributed by atoms with Crippen LogP contribution in [0.3, 0.4) is 0 Å². The lowest BCUT2D eigenvalue weighted by Crippen LogP contribution is -2.42. The van der Waals surface area contributed by atoms with Gasteiger partial charge in [0.2, 0.25) is 5.95 Å². The molecule has 1 aliphatic heterocycles. The SMILES string of the molecule is COc1cnc(N(C)CC2CCCCN2)nc1. The maximum absolute atomic E-state index is 5.04. The first-order valence-electron chi connectivity index (χ1n) is 6.10. The lowest BCUT2D eigenvalue weighted by Gasteiger charge is -2.28. The molecule has 0 amide bonds. The Morgan fingerprint density at radius 3 is 2.76 bits per heavy atom. The molecule has 0 spiro atoms. The molecule has 2 heterocycles. The number of piperidine rings is 1. The van der Waals surface area contributed by atoms with Crippen LogP contribution in [0.1, 0.15) is 19.3 Å². The second kappa shape index (κ2) is 5.82. The standard InChI is InChI=1S/C12H20N4O/c1-16(9-10-5-3-4-6-13-10)12-14-7-11(17-2)8-15-12/h7-8,10,13H,3-6,9H2,1-2H3. The number of anilines is 1. The van der Waals surface area contributed by atoms with Crippen molar-refractivity contribution in [3.8, 4) is 5.75 Å². The second-order valence-electron chi connectivity index (χ2n) is 4.45. The van der Waals surface area contributed by atoms with E-state index in [0.717, 1.165) is 19.0 Å². The average Bonchev–Trinajstić information content (AvgIpc) is 2.40. The molecule has 1 unspecified atom stereocenters. The molecule has 0 aromatic carbocycles. The molecule has 0 bridgehead atoms. The van der Waals surface area contributed by atoms with E-state index in [4.69, 9.17) is 4.74 Å². The Bertz CT molecular complexity index is 335. The predicted molar refractivity (Wildman–Crippen MR) is 67.5 cm³/mol. The summed E-state index contributed by atoms with van der Waals surface area (Å²) in [6.07, 6.45) is 7.25. The normalized spacial score (nSPS) is 20.0. The first kappa shape index (κ1) is 12.1. The number of nitrogens with zero attached hydrogens (tertiary/aromatic N) is 3. The third-order valence-corrected chi connectivity index (χ3v) is 3.10. The Morgan fingerprint density at radius 1 is 1.41 bits per heavy atom.